The van der Waals surface area contributed by atoms with E-state index in [4.69, 9.17) is 23.2 Å². The van der Waals surface area contributed by atoms with Crippen molar-refractivity contribution in [2.45, 2.75) is 56.3 Å². The minimum Gasteiger partial charge on any atom is -0.353 e. The Morgan fingerprint density at radius 2 is 2.13 bits per heavy atom. The Labute approximate surface area is 102 Å². The zero-order valence-corrected chi connectivity index (χ0v) is 10.9. The average Bonchev–Trinajstić information content (AvgIpc) is 2.76. The molecule has 0 radical (unpaired) electrons. The Bertz CT molecular complexity index is 231. The molecule has 1 rings (SSSR count). The van der Waals surface area contributed by atoms with Crippen molar-refractivity contribution in [2.24, 2.45) is 5.92 Å². The van der Waals surface area contributed by atoms with Crippen LogP contribution in [0.4, 0.5) is 0 Å². The summed E-state index contributed by atoms with van der Waals surface area (Å²) in [5, 5.41) is 2.95. The van der Waals surface area contributed by atoms with Gasteiger partial charge in [-0.05, 0) is 19.8 Å². The quantitative estimate of drug-likeness (QED) is 0.570. The van der Waals surface area contributed by atoms with Crippen LogP contribution < -0.4 is 5.32 Å². The monoisotopic (exact) mass is 251 g/mol. The minimum atomic E-state index is -0.798. The number of carbonyl (C=O) groups excluding carboxylic acids is 1. The van der Waals surface area contributed by atoms with Crippen molar-refractivity contribution in [3.05, 3.63) is 0 Å². The van der Waals surface area contributed by atoms with Crippen LogP contribution in [0.3, 0.4) is 0 Å². The normalized spacial score (nSPS) is 24.7. The van der Waals surface area contributed by atoms with Gasteiger partial charge in [0.1, 0.15) is 4.33 Å². The van der Waals surface area contributed by atoms with Crippen molar-refractivity contribution in [3.8, 4) is 0 Å². The Kier molecular flexibility index (Phi) is 4.72. The number of nitrogens with one attached hydrogen (secondary N) is 1. The van der Waals surface area contributed by atoms with Gasteiger partial charge in [-0.15, -0.1) is 23.2 Å². The third-order valence-corrected chi connectivity index (χ3v) is 3.61. The lowest BCUT2D eigenvalue weighted by atomic mass is 10.1. The Morgan fingerprint density at radius 1 is 1.53 bits per heavy atom. The van der Waals surface area contributed by atoms with Gasteiger partial charge in [0.2, 0.25) is 5.91 Å². The second kappa shape index (κ2) is 5.40. The number of amides is 1. The van der Waals surface area contributed by atoms with E-state index >= 15 is 0 Å². The summed E-state index contributed by atoms with van der Waals surface area (Å²) in [5.41, 5.74) is 0. The van der Waals surface area contributed by atoms with Gasteiger partial charge in [-0.1, -0.05) is 26.2 Å². The predicted octanol–water partition coefficient (Wildman–Crippen LogP) is 3.27. The van der Waals surface area contributed by atoms with Gasteiger partial charge >= 0.3 is 0 Å². The lowest BCUT2D eigenvalue weighted by molar-refractivity contribution is -0.122. The van der Waals surface area contributed by atoms with E-state index in [1.54, 1.807) is 0 Å². The highest BCUT2D eigenvalue weighted by Gasteiger charge is 2.56. The molecule has 1 saturated carbocycles. The molecule has 4 heteroatoms. The molecule has 1 amide bonds. The highest BCUT2D eigenvalue weighted by molar-refractivity contribution is 6.52. The average molecular weight is 252 g/mol. The molecule has 0 bridgehead atoms. The molecule has 0 aromatic carbocycles. The minimum absolute atomic E-state index is 0.00370. The zero-order valence-electron chi connectivity index (χ0n) is 9.35. The number of halogens is 2. The molecule has 15 heavy (non-hydrogen) atoms. The maximum Gasteiger partial charge on any atom is 0.226 e. The molecule has 1 aliphatic carbocycles. The summed E-state index contributed by atoms with van der Waals surface area (Å²) in [7, 11) is 0. The van der Waals surface area contributed by atoms with E-state index in [1.807, 2.05) is 6.92 Å². The van der Waals surface area contributed by atoms with Gasteiger partial charge in [-0.2, -0.15) is 0 Å². The fraction of sp³-hybridized carbons (Fsp3) is 0.909. The fourth-order valence-electron chi connectivity index (χ4n) is 1.61. The maximum absolute atomic E-state index is 11.6. The van der Waals surface area contributed by atoms with E-state index in [1.165, 1.54) is 12.8 Å². The van der Waals surface area contributed by atoms with Crippen LogP contribution in [-0.4, -0.2) is 16.3 Å². The highest BCUT2D eigenvalue weighted by atomic mass is 35.5. The number of hydrogen-bond donors (Lipinski definition) is 1. The molecule has 1 fully saturated rings. The largest absolute Gasteiger partial charge is 0.353 e. The summed E-state index contributed by atoms with van der Waals surface area (Å²) in [5.74, 6) is -0.196. The van der Waals surface area contributed by atoms with Gasteiger partial charge in [-0.25, -0.2) is 0 Å². The summed E-state index contributed by atoms with van der Waals surface area (Å²) in [6.45, 7) is 4.20. The van der Waals surface area contributed by atoms with Crippen LogP contribution in [0.2, 0.25) is 0 Å². The third-order valence-electron chi connectivity index (χ3n) is 2.77. The van der Waals surface area contributed by atoms with Crippen LogP contribution in [0.1, 0.15) is 46.0 Å². The van der Waals surface area contributed by atoms with Crippen molar-refractivity contribution in [2.75, 3.05) is 0 Å². The van der Waals surface area contributed by atoms with Crippen LogP contribution in [-0.2, 0) is 4.79 Å². The first-order valence-corrected chi connectivity index (χ1v) is 6.41. The van der Waals surface area contributed by atoms with Gasteiger partial charge in [0.25, 0.3) is 0 Å². The Morgan fingerprint density at radius 3 is 2.60 bits per heavy atom. The summed E-state index contributed by atoms with van der Waals surface area (Å²) < 4.78 is -0.798. The molecule has 0 spiro atoms. The number of hydrogen-bond acceptors (Lipinski definition) is 1. The predicted molar refractivity (Wildman–Crippen MR) is 64.3 cm³/mol. The van der Waals surface area contributed by atoms with Crippen molar-refractivity contribution < 1.29 is 4.79 Å². The van der Waals surface area contributed by atoms with E-state index < -0.39 is 4.33 Å². The number of alkyl halides is 2. The SMILES string of the molecule is CCCCCC(C)NC(=O)C1CC1(Cl)Cl. The van der Waals surface area contributed by atoms with Crippen molar-refractivity contribution in [1.82, 2.24) is 5.32 Å². The lowest BCUT2D eigenvalue weighted by Gasteiger charge is -2.13. The smallest absolute Gasteiger partial charge is 0.226 e. The van der Waals surface area contributed by atoms with Crippen LogP contribution in [0.5, 0.6) is 0 Å². The lowest BCUT2D eigenvalue weighted by Crippen LogP contribution is -2.34. The van der Waals surface area contributed by atoms with Gasteiger partial charge in [-0.3, -0.25) is 4.79 Å². The van der Waals surface area contributed by atoms with E-state index in [0.29, 0.717) is 6.42 Å². The van der Waals surface area contributed by atoms with E-state index in [9.17, 15) is 4.79 Å². The van der Waals surface area contributed by atoms with Gasteiger partial charge in [0.15, 0.2) is 0 Å². The molecule has 2 nitrogen and oxygen atoms in total. The van der Waals surface area contributed by atoms with Gasteiger partial charge < -0.3 is 5.32 Å². The molecule has 0 aromatic rings. The summed E-state index contributed by atoms with van der Waals surface area (Å²) in [6, 6.07) is 0.230. The first-order chi connectivity index (χ1) is 6.97. The van der Waals surface area contributed by atoms with Crippen LogP contribution in [0.15, 0.2) is 0 Å². The number of carbonyl (C=O) groups is 1. The van der Waals surface area contributed by atoms with Gasteiger partial charge in [0, 0.05) is 6.04 Å². The molecule has 1 aliphatic rings. The van der Waals surface area contributed by atoms with Crippen LogP contribution in [0, 0.1) is 5.92 Å². The first-order valence-electron chi connectivity index (χ1n) is 5.65. The summed E-state index contributed by atoms with van der Waals surface area (Å²) >= 11 is 11.6. The van der Waals surface area contributed by atoms with Crippen molar-refractivity contribution in [1.29, 1.82) is 0 Å². The second-order valence-electron chi connectivity index (χ2n) is 4.42. The Balaban J connectivity index is 2.15. The van der Waals surface area contributed by atoms with Crippen LogP contribution in [0.25, 0.3) is 0 Å². The van der Waals surface area contributed by atoms with E-state index in [0.717, 1.165) is 12.8 Å². The molecule has 0 aliphatic heterocycles. The number of unbranched alkanes of at least 4 members (excludes halogenated alkanes) is 2. The van der Waals surface area contributed by atoms with E-state index in [-0.39, 0.29) is 17.9 Å². The van der Waals surface area contributed by atoms with Gasteiger partial charge in [0.05, 0.1) is 5.92 Å². The van der Waals surface area contributed by atoms with E-state index in [2.05, 4.69) is 12.2 Å². The molecule has 0 aromatic heterocycles. The molecule has 0 saturated heterocycles. The molecular weight excluding hydrogens is 233 g/mol. The maximum atomic E-state index is 11.6. The molecule has 2 atom stereocenters. The van der Waals surface area contributed by atoms with Crippen molar-refractivity contribution >= 4 is 29.1 Å². The number of rotatable bonds is 6. The standard InChI is InChI=1S/C11H19Cl2NO/c1-3-4-5-6-8(2)14-10(15)9-7-11(9,12)13/h8-9H,3-7H2,1-2H3,(H,14,15). The molecular formula is C11H19Cl2NO. The highest BCUT2D eigenvalue weighted by Crippen LogP contribution is 2.53. The molecule has 1 N–H and O–H groups in total. The first kappa shape index (κ1) is 13.1. The summed E-state index contributed by atoms with van der Waals surface area (Å²) in [4.78, 5) is 11.6. The zero-order chi connectivity index (χ0) is 11.5. The topological polar surface area (TPSA) is 29.1 Å². The molecule has 88 valence electrons. The molecule has 2 unspecified atom stereocenters. The summed E-state index contributed by atoms with van der Waals surface area (Å²) in [6.07, 6.45) is 5.21. The van der Waals surface area contributed by atoms with Crippen LogP contribution >= 0.6 is 23.2 Å². The second-order valence-corrected chi connectivity index (χ2v) is 5.97. The molecule has 0 heterocycles. The fourth-order valence-corrected chi connectivity index (χ4v) is 2.12. The van der Waals surface area contributed by atoms with Crippen molar-refractivity contribution in [3.63, 3.8) is 0 Å². The Hall–Kier alpha value is 0.0500. The third kappa shape index (κ3) is 4.20.